The van der Waals surface area contributed by atoms with Gasteiger partial charge in [0.25, 0.3) is 0 Å². The van der Waals surface area contributed by atoms with Crippen molar-refractivity contribution in [2.45, 2.75) is 26.7 Å². The zero-order chi connectivity index (χ0) is 16.2. The summed E-state index contributed by atoms with van der Waals surface area (Å²) in [4.78, 5) is 24.9. The third kappa shape index (κ3) is 3.27. The molecule has 0 bridgehead atoms. The first kappa shape index (κ1) is 16.4. The Morgan fingerprint density at radius 3 is 2.68 bits per heavy atom. The van der Waals surface area contributed by atoms with E-state index in [1.165, 1.54) is 12.1 Å². The first-order valence-corrected chi connectivity index (χ1v) is 7.32. The molecule has 1 aromatic rings. The molecule has 1 aliphatic heterocycles. The summed E-state index contributed by atoms with van der Waals surface area (Å²) in [5.41, 5.74) is -0.432. The minimum Gasteiger partial charge on any atom is -0.465 e. The van der Waals surface area contributed by atoms with Gasteiger partial charge in [0, 0.05) is 13.2 Å². The molecule has 1 aromatic carbocycles. The number of halogens is 1. The predicted octanol–water partition coefficient (Wildman–Crippen LogP) is 2.43. The lowest BCUT2D eigenvalue weighted by molar-refractivity contribution is -0.165. The van der Waals surface area contributed by atoms with E-state index < -0.39 is 23.1 Å². The van der Waals surface area contributed by atoms with Crippen molar-refractivity contribution in [2.24, 2.45) is 5.41 Å². The van der Waals surface area contributed by atoms with Gasteiger partial charge in [0.15, 0.2) is 5.41 Å². The minimum absolute atomic E-state index is 0.0696. The molecule has 0 aliphatic carbocycles. The smallest absolute Gasteiger partial charge is 0.321 e. The van der Waals surface area contributed by atoms with E-state index in [2.05, 4.69) is 5.32 Å². The number of ether oxygens (including phenoxy) is 2. The molecule has 22 heavy (non-hydrogen) atoms. The van der Waals surface area contributed by atoms with Gasteiger partial charge in [-0.15, -0.1) is 0 Å². The maximum absolute atomic E-state index is 13.8. The highest BCUT2D eigenvalue weighted by molar-refractivity contribution is 6.09. The molecule has 1 heterocycles. The summed E-state index contributed by atoms with van der Waals surface area (Å²) in [6.45, 7) is 4.26. The minimum atomic E-state index is -1.32. The Kier molecular flexibility index (Phi) is 5.13. The van der Waals surface area contributed by atoms with Crippen LogP contribution in [0.2, 0.25) is 0 Å². The summed E-state index contributed by atoms with van der Waals surface area (Å²) in [5, 5.41) is 2.53. The van der Waals surface area contributed by atoms with Crippen molar-refractivity contribution in [3.63, 3.8) is 0 Å². The van der Waals surface area contributed by atoms with Crippen LogP contribution in [0.3, 0.4) is 0 Å². The number of carbonyl (C=O) groups is 2. The normalized spacial score (nSPS) is 16.9. The van der Waals surface area contributed by atoms with Crippen molar-refractivity contribution in [3.05, 3.63) is 29.6 Å². The van der Waals surface area contributed by atoms with E-state index in [4.69, 9.17) is 9.47 Å². The van der Waals surface area contributed by atoms with Gasteiger partial charge >= 0.3 is 5.97 Å². The van der Waals surface area contributed by atoms with Gasteiger partial charge < -0.3 is 14.8 Å². The molecule has 1 fully saturated rings. The fourth-order valence-corrected chi connectivity index (χ4v) is 2.49. The Morgan fingerprint density at radius 1 is 1.36 bits per heavy atom. The molecule has 0 atom stereocenters. The molecule has 0 radical (unpaired) electrons. The Hall–Kier alpha value is -1.95. The molecule has 6 heteroatoms. The van der Waals surface area contributed by atoms with Crippen LogP contribution in [0.25, 0.3) is 0 Å². The van der Waals surface area contributed by atoms with Crippen molar-refractivity contribution in [2.75, 3.05) is 25.1 Å². The highest BCUT2D eigenvalue weighted by Crippen LogP contribution is 2.34. The van der Waals surface area contributed by atoms with Crippen molar-refractivity contribution >= 4 is 17.6 Å². The highest BCUT2D eigenvalue weighted by atomic mass is 19.1. The van der Waals surface area contributed by atoms with Crippen LogP contribution in [0.1, 0.15) is 25.3 Å². The van der Waals surface area contributed by atoms with Crippen LogP contribution < -0.4 is 5.32 Å². The molecule has 0 spiro atoms. The van der Waals surface area contributed by atoms with Crippen LogP contribution in [-0.2, 0) is 19.1 Å². The average Bonchev–Trinajstić information content (AvgIpc) is 2.51. The van der Waals surface area contributed by atoms with Gasteiger partial charge in [-0.1, -0.05) is 6.07 Å². The van der Waals surface area contributed by atoms with Crippen LogP contribution in [0.4, 0.5) is 10.1 Å². The second kappa shape index (κ2) is 6.87. The number of aryl methyl sites for hydroxylation is 1. The second-order valence-electron chi connectivity index (χ2n) is 5.35. The van der Waals surface area contributed by atoms with E-state index in [0.717, 1.165) is 5.56 Å². The van der Waals surface area contributed by atoms with E-state index in [0.29, 0.717) is 13.2 Å². The zero-order valence-corrected chi connectivity index (χ0v) is 12.8. The summed E-state index contributed by atoms with van der Waals surface area (Å²) in [6.07, 6.45) is 0.455. The number of anilines is 1. The summed E-state index contributed by atoms with van der Waals surface area (Å²) < 4.78 is 24.1. The molecule has 120 valence electrons. The van der Waals surface area contributed by atoms with Crippen molar-refractivity contribution < 1.29 is 23.5 Å². The van der Waals surface area contributed by atoms with E-state index >= 15 is 0 Å². The number of rotatable bonds is 4. The number of benzene rings is 1. The number of hydrogen-bond donors (Lipinski definition) is 1. The quantitative estimate of drug-likeness (QED) is 0.685. The van der Waals surface area contributed by atoms with Gasteiger partial charge in [-0.25, -0.2) is 4.39 Å². The van der Waals surface area contributed by atoms with Crippen LogP contribution in [0.5, 0.6) is 0 Å². The molecule has 0 saturated carbocycles. The highest BCUT2D eigenvalue weighted by Gasteiger charge is 2.48. The molecular formula is C16H20FNO4. The standard InChI is InChI=1S/C16H20FNO4/c1-3-22-15(20)16(6-8-21-9-7-16)14(19)18-13-10-11(2)4-5-12(13)17/h4-5,10H,3,6-9H2,1-2H3,(H,18,19). The Balaban J connectivity index is 2.25. The number of carbonyl (C=O) groups excluding carboxylic acids is 2. The third-order valence-electron chi connectivity index (χ3n) is 3.82. The van der Waals surface area contributed by atoms with Gasteiger partial charge in [0.05, 0.1) is 12.3 Å². The maximum atomic E-state index is 13.8. The predicted molar refractivity (Wildman–Crippen MR) is 78.9 cm³/mol. The second-order valence-corrected chi connectivity index (χ2v) is 5.35. The lowest BCUT2D eigenvalue weighted by atomic mass is 9.79. The zero-order valence-electron chi connectivity index (χ0n) is 12.8. The number of esters is 1. The van der Waals surface area contributed by atoms with E-state index in [-0.39, 0.29) is 25.1 Å². The topological polar surface area (TPSA) is 64.6 Å². The van der Waals surface area contributed by atoms with Crippen molar-refractivity contribution in [1.29, 1.82) is 0 Å². The molecule has 1 aliphatic rings. The van der Waals surface area contributed by atoms with Crippen LogP contribution in [0.15, 0.2) is 18.2 Å². The van der Waals surface area contributed by atoms with Gasteiger partial charge in [-0.2, -0.15) is 0 Å². The SMILES string of the molecule is CCOC(=O)C1(C(=O)Nc2cc(C)ccc2F)CCOCC1. The largest absolute Gasteiger partial charge is 0.465 e. The van der Waals surface area contributed by atoms with Crippen LogP contribution in [0, 0.1) is 18.2 Å². The van der Waals surface area contributed by atoms with Crippen molar-refractivity contribution in [1.82, 2.24) is 0 Å². The Morgan fingerprint density at radius 2 is 2.05 bits per heavy atom. The first-order valence-electron chi connectivity index (χ1n) is 7.32. The maximum Gasteiger partial charge on any atom is 0.321 e. The molecule has 5 nitrogen and oxygen atoms in total. The molecule has 1 amide bonds. The van der Waals surface area contributed by atoms with Crippen LogP contribution in [-0.4, -0.2) is 31.7 Å². The van der Waals surface area contributed by atoms with Crippen LogP contribution >= 0.6 is 0 Å². The Bertz CT molecular complexity index is 567. The fourth-order valence-electron chi connectivity index (χ4n) is 2.49. The summed E-state index contributed by atoms with van der Waals surface area (Å²) >= 11 is 0. The molecule has 1 N–H and O–H groups in total. The molecule has 2 rings (SSSR count). The van der Waals surface area contributed by atoms with Gasteiger partial charge in [-0.3, -0.25) is 9.59 Å². The third-order valence-corrected chi connectivity index (χ3v) is 3.82. The first-order chi connectivity index (χ1) is 10.5. The van der Waals surface area contributed by atoms with Gasteiger partial charge in [0.1, 0.15) is 5.82 Å². The van der Waals surface area contributed by atoms with Crippen molar-refractivity contribution in [3.8, 4) is 0 Å². The number of nitrogens with one attached hydrogen (secondary N) is 1. The summed E-state index contributed by atoms with van der Waals surface area (Å²) in [7, 11) is 0. The molecular weight excluding hydrogens is 289 g/mol. The summed E-state index contributed by atoms with van der Waals surface area (Å²) in [5.74, 6) is -1.66. The number of amides is 1. The lowest BCUT2D eigenvalue weighted by Gasteiger charge is -2.33. The summed E-state index contributed by atoms with van der Waals surface area (Å²) in [6, 6.07) is 4.43. The Labute approximate surface area is 128 Å². The van der Waals surface area contributed by atoms with E-state index in [1.54, 1.807) is 19.9 Å². The van der Waals surface area contributed by atoms with Gasteiger partial charge in [0.2, 0.25) is 5.91 Å². The van der Waals surface area contributed by atoms with E-state index in [9.17, 15) is 14.0 Å². The molecule has 0 aromatic heterocycles. The van der Waals surface area contributed by atoms with E-state index in [1.807, 2.05) is 0 Å². The fraction of sp³-hybridized carbons (Fsp3) is 0.500. The molecule has 0 unspecified atom stereocenters. The molecule has 1 saturated heterocycles. The average molecular weight is 309 g/mol. The number of hydrogen-bond acceptors (Lipinski definition) is 4. The van der Waals surface area contributed by atoms with Gasteiger partial charge in [-0.05, 0) is 44.4 Å². The lowest BCUT2D eigenvalue weighted by Crippen LogP contribution is -2.48. The monoisotopic (exact) mass is 309 g/mol.